The second-order valence-corrected chi connectivity index (χ2v) is 6.29. The number of nitrogens with two attached hydrogens (primary N) is 1. The molecule has 0 bridgehead atoms. The number of hydrogen-bond acceptors (Lipinski definition) is 3. The van der Waals surface area contributed by atoms with Crippen LogP contribution in [-0.2, 0) is 16.6 Å². The van der Waals surface area contributed by atoms with E-state index in [9.17, 15) is 8.42 Å². The number of sulfonamides is 1. The van der Waals surface area contributed by atoms with Gasteiger partial charge >= 0.3 is 0 Å². The highest BCUT2D eigenvalue weighted by atomic mass is 35.5. The van der Waals surface area contributed by atoms with Crippen molar-refractivity contribution in [3.8, 4) is 0 Å². The number of benzene rings is 1. The van der Waals surface area contributed by atoms with Crippen molar-refractivity contribution in [1.82, 2.24) is 10.6 Å². The van der Waals surface area contributed by atoms with Crippen molar-refractivity contribution in [3.63, 3.8) is 0 Å². The lowest BCUT2D eigenvalue weighted by atomic mass is 10.2. The molecule has 6 nitrogen and oxygen atoms in total. The largest absolute Gasteiger partial charge is 0.357 e. The SMILES string of the molecule is CCNC(=NCc1cccc(Cl)c1)NCCS(N)(=O)=O. The number of hydrogen-bond donors (Lipinski definition) is 3. The Kier molecular flexibility index (Phi) is 6.77. The Bertz CT molecular complexity index is 560. The van der Waals surface area contributed by atoms with E-state index in [0.29, 0.717) is 24.1 Å². The van der Waals surface area contributed by atoms with Gasteiger partial charge in [0.2, 0.25) is 10.0 Å². The van der Waals surface area contributed by atoms with Gasteiger partial charge in [-0.05, 0) is 24.6 Å². The summed E-state index contributed by atoms with van der Waals surface area (Å²) in [6.45, 7) is 3.26. The third kappa shape index (κ3) is 7.32. The Morgan fingerprint density at radius 3 is 2.75 bits per heavy atom. The highest BCUT2D eigenvalue weighted by molar-refractivity contribution is 7.89. The molecule has 4 N–H and O–H groups in total. The highest BCUT2D eigenvalue weighted by Crippen LogP contribution is 2.11. The first-order valence-electron chi connectivity index (χ1n) is 6.18. The Hall–Kier alpha value is -1.31. The number of nitrogens with zero attached hydrogens (tertiary/aromatic N) is 1. The molecule has 0 amide bonds. The first-order chi connectivity index (χ1) is 9.40. The monoisotopic (exact) mass is 318 g/mol. The van der Waals surface area contributed by atoms with E-state index >= 15 is 0 Å². The molecule has 0 spiro atoms. The molecule has 0 saturated heterocycles. The van der Waals surface area contributed by atoms with Crippen LogP contribution < -0.4 is 15.8 Å². The van der Waals surface area contributed by atoms with E-state index in [0.717, 1.165) is 5.56 Å². The molecule has 0 saturated carbocycles. The van der Waals surface area contributed by atoms with E-state index in [4.69, 9.17) is 16.7 Å². The Labute approximate surface area is 124 Å². The Morgan fingerprint density at radius 1 is 1.40 bits per heavy atom. The quantitative estimate of drug-likeness (QED) is 0.531. The zero-order valence-corrected chi connectivity index (χ0v) is 12.8. The van der Waals surface area contributed by atoms with Crippen LogP contribution in [0.1, 0.15) is 12.5 Å². The maximum atomic E-state index is 10.9. The van der Waals surface area contributed by atoms with Crippen molar-refractivity contribution in [2.75, 3.05) is 18.8 Å². The van der Waals surface area contributed by atoms with E-state index < -0.39 is 10.0 Å². The molecule has 0 aliphatic heterocycles. The van der Waals surface area contributed by atoms with Gasteiger partial charge in [0.05, 0.1) is 12.3 Å². The van der Waals surface area contributed by atoms with Crippen LogP contribution in [-0.4, -0.2) is 33.2 Å². The molecule has 0 heterocycles. The van der Waals surface area contributed by atoms with Crippen molar-refractivity contribution in [2.45, 2.75) is 13.5 Å². The summed E-state index contributed by atoms with van der Waals surface area (Å²) in [5.74, 6) is 0.394. The minimum atomic E-state index is -3.47. The van der Waals surface area contributed by atoms with Gasteiger partial charge < -0.3 is 10.6 Å². The molecule has 8 heteroatoms. The van der Waals surface area contributed by atoms with Crippen LogP contribution in [0.2, 0.25) is 5.02 Å². The number of primary sulfonamides is 1. The summed E-state index contributed by atoms with van der Waals surface area (Å²) in [6.07, 6.45) is 0. The lowest BCUT2D eigenvalue weighted by molar-refractivity contribution is 0.596. The minimum Gasteiger partial charge on any atom is -0.357 e. The van der Waals surface area contributed by atoms with Crippen LogP contribution in [0.4, 0.5) is 0 Å². The number of guanidine groups is 1. The van der Waals surface area contributed by atoms with Gasteiger partial charge in [-0.1, -0.05) is 23.7 Å². The molecule has 0 aliphatic rings. The zero-order chi connectivity index (χ0) is 15.0. The fourth-order valence-corrected chi connectivity index (χ4v) is 2.06. The van der Waals surface area contributed by atoms with Crippen molar-refractivity contribution in [3.05, 3.63) is 34.9 Å². The summed E-state index contributed by atoms with van der Waals surface area (Å²) < 4.78 is 21.7. The minimum absolute atomic E-state index is 0.144. The third-order valence-corrected chi connectivity index (χ3v) is 3.34. The molecule has 1 aromatic rings. The van der Waals surface area contributed by atoms with Crippen LogP contribution in [0.15, 0.2) is 29.3 Å². The molecular weight excluding hydrogens is 300 g/mol. The molecule has 1 aromatic carbocycles. The molecular formula is C12H19ClN4O2S. The van der Waals surface area contributed by atoms with E-state index in [-0.39, 0.29) is 12.3 Å². The first-order valence-corrected chi connectivity index (χ1v) is 8.27. The van der Waals surface area contributed by atoms with Crippen LogP contribution >= 0.6 is 11.6 Å². The lowest BCUT2D eigenvalue weighted by Crippen LogP contribution is -2.40. The number of aliphatic imine (C=N–C) groups is 1. The molecule has 20 heavy (non-hydrogen) atoms. The van der Waals surface area contributed by atoms with Gasteiger partial charge in [-0.15, -0.1) is 0 Å². The summed E-state index contributed by atoms with van der Waals surface area (Å²) in [6, 6.07) is 7.40. The topological polar surface area (TPSA) is 96.6 Å². The van der Waals surface area contributed by atoms with E-state index in [2.05, 4.69) is 15.6 Å². The molecule has 1 rings (SSSR count). The average molecular weight is 319 g/mol. The summed E-state index contributed by atoms with van der Waals surface area (Å²) in [5.41, 5.74) is 0.973. The molecule has 0 aromatic heterocycles. The van der Waals surface area contributed by atoms with Crippen LogP contribution in [0.25, 0.3) is 0 Å². The molecule has 0 fully saturated rings. The number of rotatable bonds is 6. The maximum Gasteiger partial charge on any atom is 0.210 e. The van der Waals surface area contributed by atoms with Gasteiger partial charge in [-0.25, -0.2) is 18.5 Å². The Balaban J connectivity index is 2.58. The van der Waals surface area contributed by atoms with Crippen LogP contribution in [0.3, 0.4) is 0 Å². The fraction of sp³-hybridized carbons (Fsp3) is 0.417. The van der Waals surface area contributed by atoms with Gasteiger partial charge in [0.1, 0.15) is 0 Å². The lowest BCUT2D eigenvalue weighted by Gasteiger charge is -2.10. The Morgan fingerprint density at radius 2 is 2.15 bits per heavy atom. The molecule has 112 valence electrons. The maximum absolute atomic E-state index is 10.9. The van der Waals surface area contributed by atoms with Crippen LogP contribution in [0.5, 0.6) is 0 Å². The fourth-order valence-electron chi connectivity index (χ4n) is 1.46. The highest BCUT2D eigenvalue weighted by Gasteiger charge is 2.03. The summed E-state index contributed by atoms with van der Waals surface area (Å²) in [5, 5.41) is 11.5. The second kappa shape index (κ2) is 8.08. The summed E-state index contributed by atoms with van der Waals surface area (Å²) >= 11 is 5.89. The van der Waals surface area contributed by atoms with Crippen molar-refractivity contribution in [1.29, 1.82) is 0 Å². The predicted molar refractivity (Wildman–Crippen MR) is 82.2 cm³/mol. The van der Waals surface area contributed by atoms with E-state index in [1.54, 1.807) is 6.07 Å². The standard InChI is InChI=1S/C12H19ClN4O2S/c1-2-15-12(16-6-7-20(14,18)19)17-9-10-4-3-5-11(13)8-10/h3-5,8H,2,6-7,9H2,1H3,(H2,14,18,19)(H2,15,16,17). The van der Waals surface area contributed by atoms with Gasteiger partial charge in [0.15, 0.2) is 5.96 Å². The molecule has 0 radical (unpaired) electrons. The van der Waals surface area contributed by atoms with Gasteiger partial charge in [0.25, 0.3) is 0 Å². The van der Waals surface area contributed by atoms with Gasteiger partial charge in [0, 0.05) is 18.1 Å². The third-order valence-electron chi connectivity index (χ3n) is 2.33. The second-order valence-electron chi connectivity index (χ2n) is 4.12. The van der Waals surface area contributed by atoms with Crippen molar-refractivity contribution in [2.24, 2.45) is 10.1 Å². The average Bonchev–Trinajstić information content (AvgIpc) is 2.34. The summed E-state index contributed by atoms with van der Waals surface area (Å²) in [7, 11) is -3.47. The van der Waals surface area contributed by atoms with E-state index in [1.807, 2.05) is 25.1 Å². The zero-order valence-electron chi connectivity index (χ0n) is 11.3. The van der Waals surface area contributed by atoms with Crippen molar-refractivity contribution < 1.29 is 8.42 Å². The van der Waals surface area contributed by atoms with E-state index in [1.165, 1.54) is 0 Å². The summed E-state index contributed by atoms with van der Waals surface area (Å²) in [4.78, 5) is 4.34. The smallest absolute Gasteiger partial charge is 0.210 e. The molecule has 0 atom stereocenters. The number of nitrogens with one attached hydrogen (secondary N) is 2. The predicted octanol–water partition coefficient (Wildman–Crippen LogP) is 0.684. The molecule has 0 aliphatic carbocycles. The number of halogens is 1. The van der Waals surface area contributed by atoms with Gasteiger partial charge in [-0.3, -0.25) is 0 Å². The van der Waals surface area contributed by atoms with Crippen molar-refractivity contribution >= 4 is 27.6 Å². The normalized spacial score (nSPS) is 12.2. The van der Waals surface area contributed by atoms with Gasteiger partial charge in [-0.2, -0.15) is 0 Å². The molecule has 0 unspecified atom stereocenters. The van der Waals surface area contributed by atoms with Crippen LogP contribution in [0, 0.1) is 0 Å². The first kappa shape index (κ1) is 16.7.